The normalized spacial score (nSPS) is 50.3. The molecule has 1 aliphatic heterocycles. The molecule has 5 aliphatic carbocycles. The molecule has 43 heavy (non-hydrogen) atoms. The first kappa shape index (κ1) is 29.6. The Hall–Kier alpha value is -2.12. The van der Waals surface area contributed by atoms with Crippen LogP contribution in [0, 0.1) is 34.5 Å². The molecule has 236 valence electrons. The highest BCUT2D eigenvalue weighted by atomic mass is 16.6. The lowest BCUT2D eigenvalue weighted by Gasteiger charge is -2.69. The summed E-state index contributed by atoms with van der Waals surface area (Å²) >= 11 is 0. The van der Waals surface area contributed by atoms with Crippen LogP contribution >= 0.6 is 0 Å². The van der Waals surface area contributed by atoms with Crippen LogP contribution in [-0.4, -0.2) is 112 Å². The number of piperidine rings is 1. The van der Waals surface area contributed by atoms with Gasteiger partial charge in [-0.3, -0.25) is 4.79 Å². The van der Waals surface area contributed by atoms with Gasteiger partial charge in [0.15, 0.2) is 5.60 Å². The Balaban J connectivity index is 1.50. The lowest BCUT2D eigenvalue weighted by atomic mass is 9.41. The average molecular weight is 602 g/mol. The number of fused-ring (bicyclic) bond motifs is 2. The van der Waals surface area contributed by atoms with Crippen LogP contribution in [0.25, 0.3) is 0 Å². The van der Waals surface area contributed by atoms with Gasteiger partial charge >= 0.3 is 11.9 Å². The monoisotopic (exact) mass is 601 g/mol. The molecular formula is C32H43NO10. The molecule has 1 spiro atoms. The van der Waals surface area contributed by atoms with Crippen molar-refractivity contribution in [3.63, 3.8) is 0 Å². The fraction of sp³-hybridized carbons (Fsp3) is 0.750. The molecule has 1 aromatic carbocycles. The molecule has 2 unspecified atom stereocenters. The lowest BCUT2D eigenvalue weighted by Crippen LogP contribution is -2.84. The second kappa shape index (κ2) is 9.94. The molecule has 3 N–H and O–H groups in total. The number of nitrogens with one attached hydrogen (secondary N) is 1. The number of ether oxygens (including phenoxy) is 6. The molecule has 6 aliphatic rings. The van der Waals surface area contributed by atoms with E-state index in [-0.39, 0.29) is 18.4 Å². The third-order valence-electron chi connectivity index (χ3n) is 12.4. The van der Waals surface area contributed by atoms with Crippen LogP contribution in [0.2, 0.25) is 0 Å². The Labute approximate surface area is 251 Å². The number of aliphatic hydroxyl groups is 2. The molecule has 7 rings (SSSR count). The van der Waals surface area contributed by atoms with Crippen molar-refractivity contribution < 1.29 is 48.2 Å². The molecule has 7 bridgehead atoms. The molecule has 6 fully saturated rings. The van der Waals surface area contributed by atoms with Crippen molar-refractivity contribution >= 4 is 11.9 Å². The maximum absolute atomic E-state index is 13.6. The summed E-state index contributed by atoms with van der Waals surface area (Å²) in [5.41, 5.74) is -4.28. The second-order valence-electron chi connectivity index (χ2n) is 13.7. The highest BCUT2D eigenvalue weighted by Gasteiger charge is 2.93. The molecule has 0 aromatic heterocycles. The van der Waals surface area contributed by atoms with Gasteiger partial charge in [0, 0.05) is 76.5 Å². The molecule has 1 saturated heterocycles. The highest BCUT2D eigenvalue weighted by Crippen LogP contribution is 2.80. The Morgan fingerprint density at radius 3 is 2.35 bits per heavy atom. The van der Waals surface area contributed by atoms with Gasteiger partial charge in [-0.05, 0) is 31.4 Å². The van der Waals surface area contributed by atoms with E-state index in [0.717, 1.165) is 6.42 Å². The Bertz CT molecular complexity index is 1280. The maximum atomic E-state index is 13.6. The predicted molar refractivity (Wildman–Crippen MR) is 150 cm³/mol. The predicted octanol–water partition coefficient (Wildman–Crippen LogP) is 0.945. The molecular weight excluding hydrogens is 558 g/mol. The van der Waals surface area contributed by atoms with Gasteiger partial charge in [0.2, 0.25) is 0 Å². The smallest absolute Gasteiger partial charge is 0.338 e. The first-order valence-electron chi connectivity index (χ1n) is 15.3. The number of carbonyl (C=O) groups excluding carboxylic acids is 2. The Kier molecular flexibility index (Phi) is 6.84. The molecule has 0 amide bonds. The van der Waals surface area contributed by atoms with Gasteiger partial charge in [0.05, 0.1) is 42.0 Å². The summed E-state index contributed by atoms with van der Waals surface area (Å²) in [6.45, 7) is 2.35. The van der Waals surface area contributed by atoms with E-state index >= 15 is 0 Å². The Morgan fingerprint density at radius 1 is 1.00 bits per heavy atom. The third kappa shape index (κ3) is 3.34. The topological polar surface area (TPSA) is 142 Å². The van der Waals surface area contributed by atoms with Crippen molar-refractivity contribution in [1.29, 1.82) is 0 Å². The van der Waals surface area contributed by atoms with Gasteiger partial charge in [0.25, 0.3) is 0 Å². The van der Waals surface area contributed by atoms with Crippen molar-refractivity contribution in [2.45, 2.75) is 73.9 Å². The lowest BCUT2D eigenvalue weighted by molar-refractivity contribution is -0.327. The maximum Gasteiger partial charge on any atom is 0.338 e. The molecule has 5 saturated carbocycles. The number of methoxy groups -OCH3 is 4. The standard InChI is InChI=1S/C32H43NO10/c1-16(34)43-32-20-23(41-5)24-29(15-38-2)12-11-19(39-3)31(24,26(20)33-14-29)30(37)13-18(22(40-4)27(32)35)21(25(30)32)42-28(36)17-9-7-6-8-10-17/h6-10,18-27,33,35,37H,11-15H2,1-5H3/t18?,19-,20-,21-,22+,23-,24+,25-,26?,27-,29-,30-,31+,32-/m0/s1. The van der Waals surface area contributed by atoms with E-state index in [2.05, 4.69) is 5.32 Å². The van der Waals surface area contributed by atoms with Crippen LogP contribution < -0.4 is 5.32 Å². The molecule has 11 nitrogen and oxygen atoms in total. The van der Waals surface area contributed by atoms with E-state index < -0.39 is 82.2 Å². The summed E-state index contributed by atoms with van der Waals surface area (Å²) in [4.78, 5) is 26.7. The highest BCUT2D eigenvalue weighted by molar-refractivity contribution is 5.89. The fourth-order valence-electron chi connectivity index (χ4n) is 11.7. The van der Waals surface area contributed by atoms with Gasteiger partial charge in [-0.15, -0.1) is 0 Å². The quantitative estimate of drug-likeness (QED) is 0.367. The number of benzene rings is 1. The SMILES string of the molecule is COC[C@]12CC[C@H](OC)[C@]34C(NC1)[C@H]([C@H](OC)[C@H]23)[C@]1(OC(C)=O)[C@H]2[C@@H](OC(=O)c3ccccc3)C(C[C@]24O)[C@@H](OC)[C@@H]1O. The zero-order chi connectivity index (χ0) is 30.5. The minimum absolute atomic E-state index is 0.156. The third-order valence-corrected chi connectivity index (χ3v) is 12.4. The largest absolute Gasteiger partial charge is 0.458 e. The van der Waals surface area contributed by atoms with Crippen LogP contribution in [0.1, 0.15) is 36.5 Å². The van der Waals surface area contributed by atoms with Crippen molar-refractivity contribution in [3.05, 3.63) is 35.9 Å². The second-order valence-corrected chi connectivity index (χ2v) is 13.7. The number of rotatable bonds is 8. The van der Waals surface area contributed by atoms with Crippen LogP contribution in [0.15, 0.2) is 30.3 Å². The molecule has 11 heteroatoms. The zero-order valence-corrected chi connectivity index (χ0v) is 25.4. The van der Waals surface area contributed by atoms with E-state index in [1.807, 2.05) is 6.07 Å². The summed E-state index contributed by atoms with van der Waals surface area (Å²) in [6, 6.07) is 8.23. The van der Waals surface area contributed by atoms with E-state index in [4.69, 9.17) is 28.4 Å². The van der Waals surface area contributed by atoms with Gasteiger partial charge < -0.3 is 44.0 Å². The van der Waals surface area contributed by atoms with Crippen molar-refractivity contribution in [1.82, 2.24) is 5.32 Å². The first-order valence-corrected chi connectivity index (χ1v) is 15.3. The fourth-order valence-corrected chi connectivity index (χ4v) is 11.7. The summed E-state index contributed by atoms with van der Waals surface area (Å²) < 4.78 is 37.2. The number of hydrogen-bond acceptors (Lipinski definition) is 11. The summed E-state index contributed by atoms with van der Waals surface area (Å²) in [7, 11) is 6.47. The van der Waals surface area contributed by atoms with Gasteiger partial charge in [0.1, 0.15) is 12.2 Å². The number of esters is 2. The van der Waals surface area contributed by atoms with Crippen LogP contribution in [0.4, 0.5) is 0 Å². The summed E-state index contributed by atoms with van der Waals surface area (Å²) in [6.07, 6.45) is -2.44. The van der Waals surface area contributed by atoms with Crippen LogP contribution in [-0.2, 0) is 33.2 Å². The van der Waals surface area contributed by atoms with Crippen molar-refractivity contribution in [2.24, 2.45) is 34.5 Å². The first-order chi connectivity index (χ1) is 20.6. The van der Waals surface area contributed by atoms with Crippen LogP contribution in [0.5, 0.6) is 0 Å². The van der Waals surface area contributed by atoms with E-state index in [9.17, 15) is 19.8 Å². The minimum Gasteiger partial charge on any atom is -0.458 e. The van der Waals surface area contributed by atoms with E-state index in [1.54, 1.807) is 45.6 Å². The molecule has 0 radical (unpaired) electrons. The zero-order valence-electron chi connectivity index (χ0n) is 25.4. The van der Waals surface area contributed by atoms with Gasteiger partial charge in [-0.25, -0.2) is 4.79 Å². The molecule has 1 aromatic rings. The van der Waals surface area contributed by atoms with E-state index in [1.165, 1.54) is 14.0 Å². The van der Waals surface area contributed by atoms with Gasteiger partial charge in [-0.2, -0.15) is 0 Å². The number of aliphatic hydroxyl groups excluding tert-OH is 1. The molecule has 14 atom stereocenters. The van der Waals surface area contributed by atoms with Crippen LogP contribution in [0.3, 0.4) is 0 Å². The van der Waals surface area contributed by atoms with Crippen molar-refractivity contribution in [3.8, 4) is 0 Å². The minimum atomic E-state index is -1.70. The van der Waals surface area contributed by atoms with E-state index in [0.29, 0.717) is 25.1 Å². The van der Waals surface area contributed by atoms with Crippen molar-refractivity contribution in [2.75, 3.05) is 41.6 Å². The number of hydrogen-bond donors (Lipinski definition) is 3. The number of carbonyl (C=O) groups is 2. The summed E-state index contributed by atoms with van der Waals surface area (Å²) in [5, 5.41) is 29.7. The summed E-state index contributed by atoms with van der Waals surface area (Å²) in [5.74, 6) is -3.59. The van der Waals surface area contributed by atoms with Gasteiger partial charge in [-0.1, -0.05) is 18.2 Å². The average Bonchev–Trinajstić information content (AvgIpc) is 3.36. The Morgan fingerprint density at radius 2 is 1.72 bits per heavy atom. The molecule has 1 heterocycles.